The van der Waals surface area contributed by atoms with Crippen LogP contribution < -0.4 is 20.7 Å². The molecule has 2 aliphatic rings. The summed E-state index contributed by atoms with van der Waals surface area (Å²) in [5.41, 5.74) is 3.55. The molecule has 2 aromatic carbocycles. The van der Waals surface area contributed by atoms with Gasteiger partial charge >= 0.3 is 0 Å². The highest BCUT2D eigenvalue weighted by Gasteiger charge is 2.29. The van der Waals surface area contributed by atoms with E-state index in [2.05, 4.69) is 44.1 Å². The standard InChI is InChI=1S/C30H34N6O2/c1-19-9-12-22-23(6-2-8-25(22)34-18-27(37)20-10-11-20)28(19)38-29-24(7-4-15-32-29)26-13-16-33-30(36-26)35-21-5-3-14-31-17-21/h2,4,6-9,12-13,15-16,20-21,27,31,34,37H,3,5,10-11,14,17-18H2,1H3,(H,33,35,36)/t21?,27-/m1/s1. The monoisotopic (exact) mass is 510 g/mol. The molecule has 1 aliphatic carbocycles. The van der Waals surface area contributed by atoms with Crippen LogP contribution in [0.3, 0.4) is 0 Å². The molecule has 196 valence electrons. The Morgan fingerprint density at radius 1 is 1.03 bits per heavy atom. The van der Waals surface area contributed by atoms with Crippen molar-refractivity contribution >= 4 is 22.4 Å². The van der Waals surface area contributed by atoms with E-state index in [1.165, 1.54) is 0 Å². The topological polar surface area (TPSA) is 104 Å². The lowest BCUT2D eigenvalue weighted by molar-refractivity contribution is 0.164. The van der Waals surface area contributed by atoms with Gasteiger partial charge in [-0.15, -0.1) is 0 Å². The SMILES string of the molecule is Cc1ccc2c(NC[C@@H](O)C3CC3)cccc2c1Oc1ncccc1-c1ccnc(NC2CCCNC2)n1. The number of benzene rings is 2. The summed E-state index contributed by atoms with van der Waals surface area (Å²) in [6, 6.07) is 16.4. The van der Waals surface area contributed by atoms with Crippen molar-refractivity contribution in [1.82, 2.24) is 20.3 Å². The molecule has 1 unspecified atom stereocenters. The van der Waals surface area contributed by atoms with Crippen LogP contribution in [-0.2, 0) is 0 Å². The van der Waals surface area contributed by atoms with Gasteiger partial charge in [0.15, 0.2) is 0 Å². The molecule has 1 saturated carbocycles. The lowest BCUT2D eigenvalue weighted by Crippen LogP contribution is -2.38. The Morgan fingerprint density at radius 3 is 2.79 bits per heavy atom. The Balaban J connectivity index is 1.29. The first-order valence-electron chi connectivity index (χ1n) is 13.5. The molecule has 6 rings (SSSR count). The van der Waals surface area contributed by atoms with Gasteiger partial charge in [-0.25, -0.2) is 15.0 Å². The van der Waals surface area contributed by atoms with Crippen LogP contribution in [0.4, 0.5) is 11.6 Å². The molecule has 0 bridgehead atoms. The lowest BCUT2D eigenvalue weighted by atomic mass is 10.0. The van der Waals surface area contributed by atoms with Gasteiger partial charge < -0.3 is 25.8 Å². The number of nitrogens with zero attached hydrogens (tertiary/aromatic N) is 3. The number of aromatic nitrogens is 3. The summed E-state index contributed by atoms with van der Waals surface area (Å²) in [6.07, 6.45) is 7.66. The summed E-state index contributed by atoms with van der Waals surface area (Å²) in [5, 5.41) is 22.7. The molecule has 2 fully saturated rings. The number of aliphatic hydroxyl groups is 1. The molecule has 38 heavy (non-hydrogen) atoms. The van der Waals surface area contributed by atoms with E-state index < -0.39 is 0 Å². The van der Waals surface area contributed by atoms with Crippen molar-refractivity contribution in [3.8, 4) is 22.9 Å². The van der Waals surface area contributed by atoms with E-state index in [9.17, 15) is 5.11 Å². The molecule has 8 nitrogen and oxygen atoms in total. The molecule has 8 heteroatoms. The van der Waals surface area contributed by atoms with Crippen molar-refractivity contribution in [2.24, 2.45) is 5.92 Å². The second-order valence-electron chi connectivity index (χ2n) is 10.3. The van der Waals surface area contributed by atoms with Crippen molar-refractivity contribution in [1.29, 1.82) is 0 Å². The van der Waals surface area contributed by atoms with Gasteiger partial charge in [0, 0.05) is 48.0 Å². The fourth-order valence-corrected chi connectivity index (χ4v) is 5.09. The molecule has 3 heterocycles. The van der Waals surface area contributed by atoms with Gasteiger partial charge in [0.1, 0.15) is 5.75 Å². The molecule has 0 spiro atoms. The summed E-state index contributed by atoms with van der Waals surface area (Å²) < 4.78 is 6.55. The number of fused-ring (bicyclic) bond motifs is 1. The Hall–Kier alpha value is -3.75. The summed E-state index contributed by atoms with van der Waals surface area (Å²) in [4.78, 5) is 13.8. The second-order valence-corrected chi connectivity index (χ2v) is 10.3. The van der Waals surface area contributed by atoms with E-state index in [1.54, 1.807) is 12.4 Å². The number of hydrogen-bond acceptors (Lipinski definition) is 8. The zero-order chi connectivity index (χ0) is 25.9. The number of anilines is 2. The van der Waals surface area contributed by atoms with E-state index in [1.807, 2.05) is 37.3 Å². The van der Waals surface area contributed by atoms with Gasteiger partial charge in [-0.3, -0.25) is 0 Å². The lowest BCUT2D eigenvalue weighted by Gasteiger charge is -2.23. The number of hydrogen-bond donors (Lipinski definition) is 4. The maximum Gasteiger partial charge on any atom is 0.228 e. The molecular formula is C30H34N6O2. The first-order valence-corrected chi connectivity index (χ1v) is 13.5. The largest absolute Gasteiger partial charge is 0.437 e. The molecular weight excluding hydrogens is 476 g/mol. The number of aliphatic hydroxyl groups excluding tert-OH is 1. The van der Waals surface area contributed by atoms with E-state index in [4.69, 9.17) is 9.72 Å². The maximum atomic E-state index is 10.4. The first-order chi connectivity index (χ1) is 18.7. The van der Waals surface area contributed by atoms with Crippen molar-refractivity contribution in [2.75, 3.05) is 30.3 Å². The van der Waals surface area contributed by atoms with Crippen LogP contribution >= 0.6 is 0 Å². The molecule has 1 saturated heterocycles. The van der Waals surface area contributed by atoms with Crippen molar-refractivity contribution in [3.05, 3.63) is 66.5 Å². The predicted octanol–water partition coefficient (Wildman–Crippen LogP) is 5.14. The number of nitrogens with one attached hydrogen (secondary N) is 3. The minimum absolute atomic E-state index is 0.315. The Morgan fingerprint density at radius 2 is 1.95 bits per heavy atom. The van der Waals surface area contributed by atoms with Crippen LogP contribution in [0.15, 0.2) is 60.9 Å². The molecule has 4 N–H and O–H groups in total. The van der Waals surface area contributed by atoms with Crippen molar-refractivity contribution in [3.63, 3.8) is 0 Å². The van der Waals surface area contributed by atoms with Crippen LogP contribution in [0, 0.1) is 12.8 Å². The number of ether oxygens (including phenoxy) is 1. The summed E-state index contributed by atoms with van der Waals surface area (Å²) in [5.74, 6) is 2.29. The smallest absolute Gasteiger partial charge is 0.228 e. The van der Waals surface area contributed by atoms with Crippen LogP contribution in [0.2, 0.25) is 0 Å². The number of pyridine rings is 1. The third-order valence-electron chi connectivity index (χ3n) is 7.41. The van der Waals surface area contributed by atoms with Crippen LogP contribution in [-0.4, -0.2) is 51.8 Å². The summed E-state index contributed by atoms with van der Waals surface area (Å²) >= 11 is 0. The molecule has 4 aromatic rings. The van der Waals surface area contributed by atoms with Gasteiger partial charge in [-0.1, -0.05) is 24.3 Å². The summed E-state index contributed by atoms with van der Waals surface area (Å²) in [7, 11) is 0. The van der Waals surface area contributed by atoms with E-state index in [0.29, 0.717) is 30.3 Å². The Kier molecular flexibility index (Phi) is 7.07. The Labute approximate surface area is 222 Å². The molecule has 2 atom stereocenters. The average Bonchev–Trinajstić information content (AvgIpc) is 3.80. The van der Waals surface area contributed by atoms with Gasteiger partial charge in [-0.05, 0) is 74.9 Å². The zero-order valence-corrected chi connectivity index (χ0v) is 21.7. The molecule has 0 radical (unpaired) electrons. The third-order valence-corrected chi connectivity index (χ3v) is 7.41. The highest BCUT2D eigenvalue weighted by molar-refractivity contribution is 5.98. The number of aryl methyl sites for hydroxylation is 1. The summed E-state index contributed by atoms with van der Waals surface area (Å²) in [6.45, 7) is 4.55. The minimum Gasteiger partial charge on any atom is -0.437 e. The molecule has 2 aromatic heterocycles. The second kappa shape index (κ2) is 10.9. The highest BCUT2D eigenvalue weighted by Crippen LogP contribution is 2.39. The van der Waals surface area contributed by atoms with Crippen molar-refractivity contribution in [2.45, 2.75) is 44.8 Å². The normalized spacial score (nSPS) is 18.2. The van der Waals surface area contributed by atoms with Gasteiger partial charge in [-0.2, -0.15) is 0 Å². The van der Waals surface area contributed by atoms with Gasteiger partial charge in [0.2, 0.25) is 11.8 Å². The maximum absolute atomic E-state index is 10.4. The number of rotatable bonds is 9. The van der Waals surface area contributed by atoms with Gasteiger partial charge in [0.25, 0.3) is 0 Å². The minimum atomic E-state index is -0.316. The molecule has 0 amide bonds. The quantitative estimate of drug-likeness (QED) is 0.245. The predicted molar refractivity (Wildman–Crippen MR) is 151 cm³/mol. The number of piperidine rings is 1. The fraction of sp³-hybridized carbons (Fsp3) is 0.367. The third kappa shape index (κ3) is 5.42. The van der Waals surface area contributed by atoms with E-state index >= 15 is 0 Å². The molecule has 1 aliphatic heterocycles. The average molecular weight is 511 g/mol. The van der Waals surface area contributed by atoms with Crippen LogP contribution in [0.25, 0.3) is 22.0 Å². The highest BCUT2D eigenvalue weighted by atomic mass is 16.5. The van der Waals surface area contributed by atoms with Crippen molar-refractivity contribution < 1.29 is 9.84 Å². The van der Waals surface area contributed by atoms with E-state index in [-0.39, 0.29) is 6.10 Å². The van der Waals surface area contributed by atoms with Crippen LogP contribution in [0.1, 0.15) is 31.2 Å². The first kappa shape index (κ1) is 24.6. The van der Waals surface area contributed by atoms with Crippen LogP contribution in [0.5, 0.6) is 11.6 Å². The fourth-order valence-electron chi connectivity index (χ4n) is 5.09. The van der Waals surface area contributed by atoms with Gasteiger partial charge in [0.05, 0.1) is 17.4 Å². The van der Waals surface area contributed by atoms with E-state index in [0.717, 1.165) is 77.8 Å². The Bertz CT molecular complexity index is 1420. The zero-order valence-electron chi connectivity index (χ0n) is 21.7.